The minimum atomic E-state index is -0.476. The van der Waals surface area contributed by atoms with Crippen molar-refractivity contribution in [3.63, 3.8) is 0 Å². The number of nitrogens with zero attached hydrogens (tertiary/aromatic N) is 2. The molecule has 0 saturated carbocycles. The molecule has 1 amide bonds. The number of hydrogen-bond donors (Lipinski definition) is 1. The standard InChI is InChI=1S/C20H23N3O4/c1-14-11-16(20(2,3)4)7-10-18(14)27-13-19(24)22-21-12-15-5-8-17(9-6-15)23(25)26/h5-12H,13H2,1-4H3,(H,22,24)/b21-12-. The highest BCUT2D eigenvalue weighted by Gasteiger charge is 2.15. The summed E-state index contributed by atoms with van der Waals surface area (Å²) in [7, 11) is 0. The molecule has 7 nitrogen and oxygen atoms in total. The quantitative estimate of drug-likeness (QED) is 0.477. The van der Waals surface area contributed by atoms with Gasteiger partial charge in [-0.2, -0.15) is 5.10 Å². The molecule has 142 valence electrons. The summed E-state index contributed by atoms with van der Waals surface area (Å²) in [6, 6.07) is 11.7. The van der Waals surface area contributed by atoms with Crippen molar-refractivity contribution in [3.8, 4) is 5.75 Å². The van der Waals surface area contributed by atoms with Crippen molar-refractivity contribution in [3.05, 3.63) is 69.3 Å². The van der Waals surface area contributed by atoms with Gasteiger partial charge in [-0.3, -0.25) is 14.9 Å². The normalized spacial score (nSPS) is 11.4. The Labute approximate surface area is 158 Å². The molecule has 0 spiro atoms. The third-order valence-electron chi connectivity index (χ3n) is 3.91. The number of nitro groups is 1. The largest absolute Gasteiger partial charge is 0.483 e. The van der Waals surface area contributed by atoms with Gasteiger partial charge in [0, 0.05) is 12.1 Å². The molecule has 27 heavy (non-hydrogen) atoms. The number of amides is 1. The molecule has 2 rings (SSSR count). The monoisotopic (exact) mass is 369 g/mol. The Bertz CT molecular complexity index is 853. The predicted molar refractivity (Wildman–Crippen MR) is 104 cm³/mol. The summed E-state index contributed by atoms with van der Waals surface area (Å²) in [5.41, 5.74) is 5.21. The zero-order chi connectivity index (χ0) is 20.0. The summed E-state index contributed by atoms with van der Waals surface area (Å²) in [4.78, 5) is 22.0. The molecule has 0 aromatic heterocycles. The van der Waals surface area contributed by atoms with Gasteiger partial charge < -0.3 is 4.74 Å². The van der Waals surface area contributed by atoms with E-state index in [1.165, 1.54) is 23.9 Å². The summed E-state index contributed by atoms with van der Waals surface area (Å²) in [5, 5.41) is 14.4. The zero-order valence-corrected chi connectivity index (χ0v) is 15.9. The second-order valence-electron chi connectivity index (χ2n) is 7.16. The van der Waals surface area contributed by atoms with E-state index in [9.17, 15) is 14.9 Å². The maximum Gasteiger partial charge on any atom is 0.277 e. The molecule has 0 atom stereocenters. The van der Waals surface area contributed by atoms with Gasteiger partial charge in [0.25, 0.3) is 11.6 Å². The van der Waals surface area contributed by atoms with Crippen LogP contribution in [0.4, 0.5) is 5.69 Å². The molecule has 2 aromatic rings. The Morgan fingerprint density at radius 2 is 1.89 bits per heavy atom. The fraction of sp³-hybridized carbons (Fsp3) is 0.300. The predicted octanol–water partition coefficient (Wildman–Crippen LogP) is 3.73. The highest BCUT2D eigenvalue weighted by Crippen LogP contribution is 2.27. The Morgan fingerprint density at radius 3 is 2.44 bits per heavy atom. The molecule has 7 heteroatoms. The van der Waals surface area contributed by atoms with Crippen molar-refractivity contribution in [2.75, 3.05) is 6.61 Å². The van der Waals surface area contributed by atoms with E-state index in [4.69, 9.17) is 4.74 Å². The number of hydrazone groups is 1. The van der Waals surface area contributed by atoms with E-state index in [0.29, 0.717) is 11.3 Å². The van der Waals surface area contributed by atoms with E-state index in [1.807, 2.05) is 19.1 Å². The Hall–Kier alpha value is -3.22. The third kappa shape index (κ3) is 5.91. The number of benzene rings is 2. The average molecular weight is 369 g/mol. The molecule has 1 N–H and O–H groups in total. The van der Waals surface area contributed by atoms with Crippen LogP contribution in [0.25, 0.3) is 0 Å². The molecule has 2 aromatic carbocycles. The van der Waals surface area contributed by atoms with Crippen LogP contribution in [-0.2, 0) is 10.2 Å². The van der Waals surface area contributed by atoms with Crippen LogP contribution in [0.1, 0.15) is 37.5 Å². The van der Waals surface area contributed by atoms with Crippen LogP contribution in [0.3, 0.4) is 0 Å². The minimum Gasteiger partial charge on any atom is -0.483 e. The molecule has 0 aliphatic rings. The van der Waals surface area contributed by atoms with E-state index < -0.39 is 10.8 Å². The van der Waals surface area contributed by atoms with E-state index in [2.05, 4.69) is 37.4 Å². The van der Waals surface area contributed by atoms with Crippen molar-refractivity contribution in [2.24, 2.45) is 5.10 Å². The summed E-state index contributed by atoms with van der Waals surface area (Å²) >= 11 is 0. The Morgan fingerprint density at radius 1 is 1.22 bits per heavy atom. The lowest BCUT2D eigenvalue weighted by atomic mass is 9.86. The number of ether oxygens (including phenoxy) is 1. The van der Waals surface area contributed by atoms with E-state index in [1.54, 1.807) is 12.1 Å². The first-order valence-corrected chi connectivity index (χ1v) is 8.47. The first kappa shape index (κ1) is 20.1. The van der Waals surface area contributed by atoms with Crippen molar-refractivity contribution in [1.29, 1.82) is 0 Å². The number of carbonyl (C=O) groups excluding carboxylic acids is 1. The average Bonchev–Trinajstić information content (AvgIpc) is 2.60. The number of nitro benzene ring substituents is 1. The molecule has 0 heterocycles. The summed E-state index contributed by atoms with van der Waals surface area (Å²) in [6.07, 6.45) is 1.41. The van der Waals surface area contributed by atoms with Crippen LogP contribution in [0.2, 0.25) is 0 Å². The van der Waals surface area contributed by atoms with Gasteiger partial charge >= 0.3 is 0 Å². The van der Waals surface area contributed by atoms with Crippen LogP contribution in [0, 0.1) is 17.0 Å². The lowest BCUT2D eigenvalue weighted by molar-refractivity contribution is -0.384. The number of carbonyl (C=O) groups is 1. The molecule has 0 fully saturated rings. The van der Waals surface area contributed by atoms with Gasteiger partial charge in [-0.1, -0.05) is 32.9 Å². The molecule has 0 aliphatic heterocycles. The molecular formula is C20H23N3O4. The second-order valence-corrected chi connectivity index (χ2v) is 7.16. The van der Waals surface area contributed by atoms with E-state index in [-0.39, 0.29) is 17.7 Å². The molecule has 0 bridgehead atoms. The zero-order valence-electron chi connectivity index (χ0n) is 15.9. The van der Waals surface area contributed by atoms with Crippen LogP contribution in [0.15, 0.2) is 47.6 Å². The SMILES string of the molecule is Cc1cc(C(C)(C)C)ccc1OCC(=O)N/N=C\c1ccc([N+](=O)[O-])cc1. The third-order valence-corrected chi connectivity index (χ3v) is 3.91. The van der Waals surface area contributed by atoms with Gasteiger partial charge in [0.2, 0.25) is 0 Å². The fourth-order valence-corrected chi connectivity index (χ4v) is 2.31. The first-order chi connectivity index (χ1) is 12.7. The van der Waals surface area contributed by atoms with Crippen LogP contribution in [-0.4, -0.2) is 23.7 Å². The van der Waals surface area contributed by atoms with Gasteiger partial charge in [0.1, 0.15) is 5.75 Å². The summed E-state index contributed by atoms with van der Waals surface area (Å²) in [5.74, 6) is 0.255. The van der Waals surface area contributed by atoms with E-state index in [0.717, 1.165) is 5.56 Å². The molecule has 0 radical (unpaired) electrons. The lowest BCUT2D eigenvalue weighted by Crippen LogP contribution is -2.24. The van der Waals surface area contributed by atoms with Crippen molar-refractivity contribution < 1.29 is 14.5 Å². The summed E-state index contributed by atoms with van der Waals surface area (Å²) < 4.78 is 5.55. The number of nitrogens with one attached hydrogen (secondary N) is 1. The van der Waals surface area contributed by atoms with Crippen LogP contribution >= 0.6 is 0 Å². The lowest BCUT2D eigenvalue weighted by Gasteiger charge is -2.20. The first-order valence-electron chi connectivity index (χ1n) is 8.47. The smallest absolute Gasteiger partial charge is 0.277 e. The Balaban J connectivity index is 1.86. The highest BCUT2D eigenvalue weighted by atomic mass is 16.6. The molecular weight excluding hydrogens is 346 g/mol. The van der Waals surface area contributed by atoms with Crippen LogP contribution in [0.5, 0.6) is 5.75 Å². The van der Waals surface area contributed by atoms with Gasteiger partial charge in [0.15, 0.2) is 6.61 Å². The number of rotatable bonds is 6. The van der Waals surface area contributed by atoms with Crippen molar-refractivity contribution in [1.82, 2.24) is 5.43 Å². The van der Waals surface area contributed by atoms with Gasteiger partial charge in [-0.25, -0.2) is 5.43 Å². The summed E-state index contributed by atoms with van der Waals surface area (Å²) in [6.45, 7) is 8.19. The maximum atomic E-state index is 11.8. The molecule has 0 saturated heterocycles. The highest BCUT2D eigenvalue weighted by molar-refractivity contribution is 5.83. The van der Waals surface area contributed by atoms with Crippen LogP contribution < -0.4 is 10.2 Å². The number of hydrogen-bond acceptors (Lipinski definition) is 5. The Kier molecular flexibility index (Phi) is 6.28. The van der Waals surface area contributed by atoms with Gasteiger partial charge in [-0.05, 0) is 47.2 Å². The van der Waals surface area contributed by atoms with E-state index >= 15 is 0 Å². The van der Waals surface area contributed by atoms with Crippen molar-refractivity contribution in [2.45, 2.75) is 33.1 Å². The minimum absolute atomic E-state index is 0.00238. The topological polar surface area (TPSA) is 93.8 Å². The molecule has 0 aliphatic carbocycles. The fourth-order valence-electron chi connectivity index (χ4n) is 2.31. The molecule has 0 unspecified atom stereocenters. The van der Waals surface area contributed by atoms with Gasteiger partial charge in [-0.15, -0.1) is 0 Å². The maximum absolute atomic E-state index is 11.8. The number of non-ortho nitro benzene ring substituents is 1. The van der Waals surface area contributed by atoms with Crippen molar-refractivity contribution >= 4 is 17.8 Å². The van der Waals surface area contributed by atoms with Gasteiger partial charge in [0.05, 0.1) is 11.1 Å². The second kappa shape index (κ2) is 8.44. The number of aryl methyl sites for hydroxylation is 1.